The molecule has 2 unspecified atom stereocenters. The zero-order chi connectivity index (χ0) is 26.3. The van der Waals surface area contributed by atoms with Crippen molar-refractivity contribution in [3.05, 3.63) is 58.9 Å². The van der Waals surface area contributed by atoms with Crippen molar-refractivity contribution in [1.29, 1.82) is 5.26 Å². The number of imidazole rings is 1. The molecule has 2 aromatic carbocycles. The number of nitrogens with one attached hydrogen (secondary N) is 2. The van der Waals surface area contributed by atoms with Crippen LogP contribution in [0, 0.1) is 16.7 Å². The number of carbonyl (C=O) groups is 3. The molecule has 9 nitrogen and oxygen atoms in total. The Morgan fingerprint density at radius 1 is 1.27 bits per heavy atom. The highest BCUT2D eigenvalue weighted by Crippen LogP contribution is 2.40. The van der Waals surface area contributed by atoms with E-state index < -0.39 is 17.4 Å². The van der Waals surface area contributed by atoms with Gasteiger partial charge in [0.05, 0.1) is 28.6 Å². The van der Waals surface area contributed by atoms with Gasteiger partial charge in [-0.05, 0) is 50.5 Å². The number of aromatic nitrogens is 2. The van der Waals surface area contributed by atoms with Crippen LogP contribution in [-0.4, -0.2) is 63.7 Å². The molecule has 3 aromatic rings. The van der Waals surface area contributed by atoms with Gasteiger partial charge in [0.1, 0.15) is 17.4 Å². The average molecular weight is 519 g/mol. The monoisotopic (exact) mass is 518 g/mol. The van der Waals surface area contributed by atoms with Crippen LogP contribution in [0.4, 0.5) is 5.69 Å². The number of likely N-dealkylation sites (tertiary alicyclic amines) is 1. The number of hydrogen-bond donors (Lipinski definition) is 2. The van der Waals surface area contributed by atoms with Crippen molar-refractivity contribution in [1.82, 2.24) is 19.8 Å². The molecule has 1 saturated heterocycles. The molecule has 1 saturated carbocycles. The van der Waals surface area contributed by atoms with E-state index in [0.717, 1.165) is 18.7 Å². The number of nitriles is 1. The summed E-state index contributed by atoms with van der Waals surface area (Å²) in [7, 11) is 1.53. The maximum absolute atomic E-state index is 13.2. The summed E-state index contributed by atoms with van der Waals surface area (Å²) in [5, 5.41) is 12.9. The fourth-order valence-electron chi connectivity index (χ4n) is 4.79. The number of aromatic amines is 1. The molecule has 1 aliphatic heterocycles. The second-order valence-corrected chi connectivity index (χ2v) is 10.6. The van der Waals surface area contributed by atoms with E-state index >= 15 is 0 Å². The number of benzene rings is 2. The summed E-state index contributed by atoms with van der Waals surface area (Å²) in [6, 6.07) is 13.7. The fraction of sp³-hybridized carbons (Fsp3) is 0.370. The third kappa shape index (κ3) is 4.89. The van der Waals surface area contributed by atoms with Gasteiger partial charge in [-0.2, -0.15) is 5.26 Å². The van der Waals surface area contributed by atoms with Crippen LogP contribution in [0.1, 0.15) is 48.3 Å². The summed E-state index contributed by atoms with van der Waals surface area (Å²) in [5.74, 6) is 0.255. The predicted octanol–water partition coefficient (Wildman–Crippen LogP) is 3.94. The van der Waals surface area contributed by atoms with Crippen molar-refractivity contribution in [2.24, 2.45) is 5.41 Å². The minimum absolute atomic E-state index is 0.0840. The Kier molecular flexibility index (Phi) is 6.38. The molecular formula is C27H27ClN6O3. The van der Waals surface area contributed by atoms with Crippen molar-refractivity contribution in [2.75, 3.05) is 25.5 Å². The van der Waals surface area contributed by atoms with Crippen molar-refractivity contribution in [3.63, 3.8) is 0 Å². The van der Waals surface area contributed by atoms with Crippen molar-refractivity contribution >= 4 is 46.0 Å². The number of H-pyrrole nitrogens is 1. The van der Waals surface area contributed by atoms with Crippen LogP contribution in [0.15, 0.2) is 42.5 Å². The van der Waals surface area contributed by atoms with Gasteiger partial charge in [-0.25, -0.2) is 4.98 Å². The summed E-state index contributed by atoms with van der Waals surface area (Å²) in [6.07, 6.45) is 2.38. The first-order valence-corrected chi connectivity index (χ1v) is 12.6. The summed E-state index contributed by atoms with van der Waals surface area (Å²) >= 11 is 6.41. The van der Waals surface area contributed by atoms with Crippen LogP contribution in [-0.2, 0) is 9.59 Å². The van der Waals surface area contributed by atoms with Crippen LogP contribution in [0.25, 0.3) is 11.0 Å². The van der Waals surface area contributed by atoms with Crippen molar-refractivity contribution in [3.8, 4) is 6.07 Å². The van der Waals surface area contributed by atoms with Gasteiger partial charge in [0, 0.05) is 30.8 Å². The molecule has 1 aromatic heterocycles. The van der Waals surface area contributed by atoms with Gasteiger partial charge in [0.25, 0.3) is 5.91 Å². The van der Waals surface area contributed by atoms with Crippen molar-refractivity contribution < 1.29 is 14.4 Å². The highest BCUT2D eigenvalue weighted by Gasteiger charge is 2.48. The van der Waals surface area contributed by atoms with E-state index in [1.807, 2.05) is 18.2 Å². The van der Waals surface area contributed by atoms with Gasteiger partial charge >= 0.3 is 0 Å². The molecule has 2 atom stereocenters. The number of para-hydroxylation sites is 1. The number of carbonyl (C=O) groups excluding carboxylic acids is 3. The molecule has 5 rings (SSSR count). The number of halogens is 1. The van der Waals surface area contributed by atoms with E-state index in [2.05, 4.69) is 21.4 Å². The molecule has 10 heteroatoms. The molecule has 2 heterocycles. The van der Waals surface area contributed by atoms with E-state index in [0.29, 0.717) is 33.2 Å². The molecule has 3 amide bonds. The lowest BCUT2D eigenvalue weighted by molar-refractivity contribution is -0.132. The molecule has 1 aliphatic carbocycles. The summed E-state index contributed by atoms with van der Waals surface area (Å²) in [4.78, 5) is 49.9. The zero-order valence-corrected chi connectivity index (χ0v) is 21.4. The first-order valence-electron chi connectivity index (χ1n) is 12.2. The largest absolute Gasteiger partial charge is 0.342 e. The number of rotatable bonds is 6. The van der Waals surface area contributed by atoms with Gasteiger partial charge in [0.2, 0.25) is 11.8 Å². The molecule has 37 heavy (non-hydrogen) atoms. The number of fused-ring (bicyclic) bond motifs is 1. The second kappa shape index (κ2) is 9.52. The first-order chi connectivity index (χ1) is 17.7. The molecule has 190 valence electrons. The standard InChI is InChI=1S/C27H27ClN6O3/c1-27(26(37)30-18-6-4-3-5-7-18)12-19(13-29)34(15-27)22(35)14-33(2)25(36)17-10-20(28)23-21(11-17)31-24(32-23)16-8-9-16/h3-7,10-11,16,19H,8-9,12,14-15H2,1-2H3,(H,30,37)(H,31,32). The minimum Gasteiger partial charge on any atom is -0.342 e. The quantitative estimate of drug-likeness (QED) is 0.512. The number of hydrogen-bond acceptors (Lipinski definition) is 5. The predicted molar refractivity (Wildman–Crippen MR) is 139 cm³/mol. The summed E-state index contributed by atoms with van der Waals surface area (Å²) in [6.45, 7) is 1.59. The lowest BCUT2D eigenvalue weighted by Crippen LogP contribution is -2.44. The molecule has 0 spiro atoms. The van der Waals surface area contributed by atoms with Gasteiger partial charge in [-0.15, -0.1) is 0 Å². The Hall–Kier alpha value is -3.90. The van der Waals surface area contributed by atoms with Gasteiger partial charge in [-0.1, -0.05) is 29.8 Å². The third-order valence-corrected chi connectivity index (χ3v) is 7.37. The minimum atomic E-state index is -0.938. The van der Waals surface area contributed by atoms with Crippen LogP contribution >= 0.6 is 11.6 Å². The van der Waals surface area contributed by atoms with Gasteiger partial charge < -0.3 is 20.1 Å². The van der Waals surface area contributed by atoms with Crippen LogP contribution in [0.5, 0.6) is 0 Å². The highest BCUT2D eigenvalue weighted by atomic mass is 35.5. The van der Waals surface area contributed by atoms with Gasteiger partial charge in [-0.3, -0.25) is 14.4 Å². The normalized spacial score (nSPS) is 21.0. The van der Waals surface area contributed by atoms with E-state index in [1.54, 1.807) is 31.2 Å². The number of likely N-dealkylation sites (N-methyl/N-ethyl adjacent to an activating group) is 1. The maximum atomic E-state index is 13.2. The molecule has 2 fully saturated rings. The Bertz CT molecular complexity index is 1430. The third-order valence-electron chi connectivity index (χ3n) is 7.08. The van der Waals surface area contributed by atoms with E-state index in [1.165, 1.54) is 16.8 Å². The van der Waals surface area contributed by atoms with E-state index in [9.17, 15) is 19.6 Å². The first kappa shape index (κ1) is 24.8. The van der Waals surface area contributed by atoms with Crippen molar-refractivity contribution in [2.45, 2.75) is 38.1 Å². The molecule has 2 aliphatic rings. The Labute approximate surface area is 219 Å². The molecule has 0 radical (unpaired) electrons. The van der Waals surface area contributed by atoms with E-state index in [-0.39, 0.29) is 31.3 Å². The van der Waals surface area contributed by atoms with Gasteiger partial charge in [0.15, 0.2) is 0 Å². The Morgan fingerprint density at radius 3 is 2.68 bits per heavy atom. The maximum Gasteiger partial charge on any atom is 0.254 e. The zero-order valence-electron chi connectivity index (χ0n) is 20.6. The molecular weight excluding hydrogens is 492 g/mol. The highest BCUT2D eigenvalue weighted by molar-refractivity contribution is 6.35. The average Bonchev–Trinajstić information content (AvgIpc) is 3.54. The van der Waals surface area contributed by atoms with Crippen LogP contribution < -0.4 is 5.32 Å². The lowest BCUT2D eigenvalue weighted by Gasteiger charge is -2.25. The van der Waals surface area contributed by atoms with E-state index in [4.69, 9.17) is 11.6 Å². The number of anilines is 1. The summed E-state index contributed by atoms with van der Waals surface area (Å²) < 4.78 is 0. The molecule has 2 N–H and O–H groups in total. The SMILES string of the molecule is CN(CC(=O)N1CC(C)(C(=O)Nc2ccccc2)CC1C#N)C(=O)c1cc(Cl)c2nc(C3CC3)[nH]c2c1. The second-order valence-electron chi connectivity index (χ2n) is 10.2. The lowest BCUT2D eigenvalue weighted by atomic mass is 9.87. The fourth-order valence-corrected chi connectivity index (χ4v) is 5.05. The number of amides is 3. The topological polar surface area (TPSA) is 122 Å². The number of nitrogens with zero attached hydrogens (tertiary/aromatic N) is 4. The Morgan fingerprint density at radius 2 is 2.00 bits per heavy atom. The van der Waals surface area contributed by atoms with Crippen LogP contribution in [0.3, 0.4) is 0 Å². The Balaban J connectivity index is 1.27. The van der Waals surface area contributed by atoms with Crippen LogP contribution in [0.2, 0.25) is 5.02 Å². The molecule has 0 bridgehead atoms. The summed E-state index contributed by atoms with van der Waals surface area (Å²) in [5.41, 5.74) is 1.36. The smallest absolute Gasteiger partial charge is 0.254 e.